The summed E-state index contributed by atoms with van der Waals surface area (Å²) in [6.45, 7) is 1.57. The van der Waals surface area contributed by atoms with E-state index < -0.39 is 0 Å². The summed E-state index contributed by atoms with van der Waals surface area (Å²) in [5, 5.41) is 0. The van der Waals surface area contributed by atoms with Crippen molar-refractivity contribution in [1.82, 2.24) is 0 Å². The van der Waals surface area contributed by atoms with E-state index in [0.717, 1.165) is 18.3 Å². The normalized spacial score (nSPS) is 24.5. The van der Waals surface area contributed by atoms with Crippen molar-refractivity contribution in [2.24, 2.45) is 0 Å². The molecule has 19 heavy (non-hydrogen) atoms. The highest BCUT2D eigenvalue weighted by Crippen LogP contribution is 2.32. The minimum absolute atomic E-state index is 0.338. The van der Waals surface area contributed by atoms with E-state index in [0.29, 0.717) is 12.7 Å². The fraction of sp³-hybridized carbons (Fsp3) is 0.647. The van der Waals surface area contributed by atoms with Gasteiger partial charge in [0.15, 0.2) is 0 Å². The van der Waals surface area contributed by atoms with Crippen molar-refractivity contribution in [2.45, 2.75) is 57.0 Å². The maximum absolute atomic E-state index is 5.79. The maximum Gasteiger partial charge on any atom is 0.119 e. The number of rotatable bonds is 4. The molecule has 1 saturated heterocycles. The van der Waals surface area contributed by atoms with E-state index in [1.807, 2.05) is 0 Å². The maximum atomic E-state index is 5.79. The SMILES string of the molecule is c1cc(OCC2CO2)cc(C2CCCCCCC2)c1. The highest BCUT2D eigenvalue weighted by molar-refractivity contribution is 5.31. The third kappa shape index (κ3) is 3.97. The summed E-state index contributed by atoms with van der Waals surface area (Å²) >= 11 is 0. The monoisotopic (exact) mass is 260 g/mol. The van der Waals surface area contributed by atoms with Gasteiger partial charge in [-0.15, -0.1) is 0 Å². The van der Waals surface area contributed by atoms with Crippen LogP contribution in [0.4, 0.5) is 0 Å². The Hall–Kier alpha value is -1.02. The van der Waals surface area contributed by atoms with Crippen LogP contribution in [0.5, 0.6) is 5.75 Å². The second kappa shape index (κ2) is 6.42. The summed E-state index contributed by atoms with van der Waals surface area (Å²) in [5.41, 5.74) is 1.47. The smallest absolute Gasteiger partial charge is 0.119 e. The molecule has 1 saturated carbocycles. The third-order valence-corrected chi connectivity index (χ3v) is 4.27. The van der Waals surface area contributed by atoms with E-state index in [4.69, 9.17) is 9.47 Å². The molecule has 0 radical (unpaired) electrons. The van der Waals surface area contributed by atoms with Gasteiger partial charge in [-0.3, -0.25) is 0 Å². The quantitative estimate of drug-likeness (QED) is 0.753. The zero-order chi connectivity index (χ0) is 12.9. The standard InChI is InChI=1S/C17H24O2/c1-2-4-7-14(8-5-3-1)15-9-6-10-16(11-15)18-12-17-13-19-17/h6,9-11,14,17H,1-5,7-8,12-13H2. The number of hydrogen-bond acceptors (Lipinski definition) is 2. The van der Waals surface area contributed by atoms with E-state index in [2.05, 4.69) is 24.3 Å². The van der Waals surface area contributed by atoms with Crippen LogP contribution in [0, 0.1) is 0 Å². The first-order valence-electron chi connectivity index (χ1n) is 7.76. The van der Waals surface area contributed by atoms with E-state index in [9.17, 15) is 0 Å². The zero-order valence-electron chi connectivity index (χ0n) is 11.6. The Labute approximate surface area is 116 Å². The van der Waals surface area contributed by atoms with Crippen LogP contribution < -0.4 is 4.74 Å². The van der Waals surface area contributed by atoms with Crippen LogP contribution in [0.25, 0.3) is 0 Å². The average Bonchev–Trinajstić information content (AvgIpc) is 3.20. The molecule has 0 N–H and O–H groups in total. The van der Waals surface area contributed by atoms with Crippen molar-refractivity contribution in [2.75, 3.05) is 13.2 Å². The molecule has 0 amide bonds. The fourth-order valence-corrected chi connectivity index (χ4v) is 3.00. The van der Waals surface area contributed by atoms with Crippen molar-refractivity contribution in [3.05, 3.63) is 29.8 Å². The van der Waals surface area contributed by atoms with Gasteiger partial charge in [-0.25, -0.2) is 0 Å². The minimum Gasteiger partial charge on any atom is -0.491 e. The second-order valence-electron chi connectivity index (χ2n) is 5.88. The lowest BCUT2D eigenvalue weighted by Crippen LogP contribution is -2.06. The summed E-state index contributed by atoms with van der Waals surface area (Å²) in [5.74, 6) is 1.75. The molecule has 1 atom stereocenters. The predicted molar refractivity (Wildman–Crippen MR) is 76.7 cm³/mol. The van der Waals surface area contributed by atoms with Crippen LogP contribution in [0.15, 0.2) is 24.3 Å². The third-order valence-electron chi connectivity index (χ3n) is 4.27. The molecule has 1 unspecified atom stereocenters. The van der Waals surface area contributed by atoms with Gasteiger partial charge >= 0.3 is 0 Å². The highest BCUT2D eigenvalue weighted by atomic mass is 16.6. The van der Waals surface area contributed by atoms with E-state index in [1.165, 1.54) is 50.5 Å². The van der Waals surface area contributed by atoms with Crippen LogP contribution in [0.2, 0.25) is 0 Å². The van der Waals surface area contributed by atoms with Gasteiger partial charge in [-0.1, -0.05) is 44.2 Å². The van der Waals surface area contributed by atoms with Crippen LogP contribution in [0.1, 0.15) is 56.4 Å². The van der Waals surface area contributed by atoms with Gasteiger partial charge in [0.1, 0.15) is 18.5 Å². The first-order valence-corrected chi connectivity index (χ1v) is 7.76. The summed E-state index contributed by atoms with van der Waals surface area (Å²) in [6.07, 6.45) is 10.0. The minimum atomic E-state index is 0.338. The number of epoxide rings is 1. The van der Waals surface area contributed by atoms with Crippen molar-refractivity contribution in [3.63, 3.8) is 0 Å². The molecule has 2 nitrogen and oxygen atoms in total. The van der Waals surface area contributed by atoms with E-state index >= 15 is 0 Å². The Morgan fingerprint density at radius 1 is 1.05 bits per heavy atom. The molecule has 0 aromatic heterocycles. The van der Waals surface area contributed by atoms with Gasteiger partial charge < -0.3 is 9.47 Å². The van der Waals surface area contributed by atoms with E-state index in [-0.39, 0.29) is 0 Å². The molecule has 2 fully saturated rings. The van der Waals surface area contributed by atoms with Crippen LogP contribution in [-0.2, 0) is 4.74 Å². The Balaban J connectivity index is 1.62. The van der Waals surface area contributed by atoms with Crippen molar-refractivity contribution in [3.8, 4) is 5.75 Å². The molecule has 1 heterocycles. The Bertz CT molecular complexity index is 390. The van der Waals surface area contributed by atoms with Crippen molar-refractivity contribution < 1.29 is 9.47 Å². The summed E-state index contributed by atoms with van der Waals surface area (Å²) in [6, 6.07) is 8.72. The second-order valence-corrected chi connectivity index (χ2v) is 5.88. The first kappa shape index (κ1) is 13.0. The highest BCUT2D eigenvalue weighted by Gasteiger charge is 2.23. The largest absolute Gasteiger partial charge is 0.491 e. The molecular formula is C17H24O2. The summed E-state index contributed by atoms with van der Waals surface area (Å²) in [7, 11) is 0. The number of hydrogen-bond donors (Lipinski definition) is 0. The average molecular weight is 260 g/mol. The molecule has 1 aromatic carbocycles. The summed E-state index contributed by atoms with van der Waals surface area (Å²) < 4.78 is 11.0. The molecule has 2 aliphatic rings. The van der Waals surface area contributed by atoms with E-state index in [1.54, 1.807) is 0 Å². The molecule has 0 spiro atoms. The molecule has 1 aliphatic heterocycles. The van der Waals surface area contributed by atoms with Gasteiger partial charge in [0, 0.05) is 0 Å². The molecule has 0 bridgehead atoms. The molecule has 104 valence electrons. The summed E-state index contributed by atoms with van der Waals surface area (Å²) in [4.78, 5) is 0. The lowest BCUT2D eigenvalue weighted by molar-refractivity contribution is 0.262. The van der Waals surface area contributed by atoms with Crippen LogP contribution in [-0.4, -0.2) is 19.3 Å². The van der Waals surface area contributed by atoms with Gasteiger partial charge in [-0.05, 0) is 36.5 Å². The molecule has 2 heteroatoms. The van der Waals surface area contributed by atoms with Gasteiger partial charge in [0.05, 0.1) is 6.61 Å². The zero-order valence-corrected chi connectivity index (χ0v) is 11.6. The Morgan fingerprint density at radius 2 is 1.79 bits per heavy atom. The predicted octanol–water partition coefficient (Wildman–Crippen LogP) is 4.29. The first-order chi connectivity index (χ1) is 9.42. The molecule has 1 aliphatic carbocycles. The number of ether oxygens (including phenoxy) is 2. The molecular weight excluding hydrogens is 236 g/mol. The topological polar surface area (TPSA) is 21.8 Å². The van der Waals surface area contributed by atoms with Gasteiger partial charge in [-0.2, -0.15) is 0 Å². The van der Waals surface area contributed by atoms with Gasteiger partial charge in [0.25, 0.3) is 0 Å². The van der Waals surface area contributed by atoms with Crippen molar-refractivity contribution >= 4 is 0 Å². The Morgan fingerprint density at radius 3 is 2.53 bits per heavy atom. The number of benzene rings is 1. The van der Waals surface area contributed by atoms with Crippen LogP contribution >= 0.6 is 0 Å². The molecule has 3 rings (SSSR count). The van der Waals surface area contributed by atoms with Crippen LogP contribution in [0.3, 0.4) is 0 Å². The molecule has 1 aromatic rings. The fourth-order valence-electron chi connectivity index (χ4n) is 3.00. The van der Waals surface area contributed by atoms with Gasteiger partial charge in [0.2, 0.25) is 0 Å². The van der Waals surface area contributed by atoms with Crippen molar-refractivity contribution in [1.29, 1.82) is 0 Å². The Kier molecular flexibility index (Phi) is 4.39. The lowest BCUT2D eigenvalue weighted by atomic mass is 9.86. The lowest BCUT2D eigenvalue weighted by Gasteiger charge is -2.20.